The molecule has 5 rings (SSSR count). The lowest BCUT2D eigenvalue weighted by molar-refractivity contribution is 0.101. The van der Waals surface area contributed by atoms with Crippen LogP contribution < -0.4 is 4.72 Å². The molecule has 2 aromatic carbocycles. The van der Waals surface area contributed by atoms with E-state index in [4.69, 9.17) is 0 Å². The van der Waals surface area contributed by atoms with Gasteiger partial charge in [-0.2, -0.15) is 0 Å². The van der Waals surface area contributed by atoms with E-state index >= 15 is 0 Å². The molecule has 6 nitrogen and oxygen atoms in total. The minimum atomic E-state index is -3.70. The third kappa shape index (κ3) is 5.21. The third-order valence-electron chi connectivity index (χ3n) is 6.23. The standard InChI is InChI=1S/C29H27N3O3S2/c1-3-4-14-32-19-26(20(2)33)25-16-21(10-11-27(25)32)28-12-13-29(36-28)22-15-23(18-30-17-22)31-37(34,35)24-8-6-5-7-9-24/h5-13,15-19,31H,3-4,14H2,1-2H3. The van der Waals surface area contributed by atoms with E-state index in [2.05, 4.69) is 39.4 Å². The summed E-state index contributed by atoms with van der Waals surface area (Å²) < 4.78 is 30.2. The van der Waals surface area contributed by atoms with Crippen LogP contribution in [0.5, 0.6) is 0 Å². The minimum absolute atomic E-state index is 0.0603. The molecule has 3 heterocycles. The second kappa shape index (κ2) is 10.3. The van der Waals surface area contributed by atoms with Crippen molar-refractivity contribution in [1.82, 2.24) is 9.55 Å². The molecular formula is C29H27N3O3S2. The summed E-state index contributed by atoms with van der Waals surface area (Å²) in [5.41, 5.74) is 4.07. The van der Waals surface area contributed by atoms with Crippen molar-refractivity contribution in [2.24, 2.45) is 0 Å². The topological polar surface area (TPSA) is 81.1 Å². The Labute approximate surface area is 220 Å². The number of Topliss-reactive ketones (excluding diaryl/α,β-unsaturated/α-hetero) is 1. The summed E-state index contributed by atoms with van der Waals surface area (Å²) >= 11 is 1.60. The second-order valence-electron chi connectivity index (χ2n) is 8.92. The smallest absolute Gasteiger partial charge is 0.261 e. The number of hydrogen-bond donors (Lipinski definition) is 1. The number of nitrogens with zero attached hydrogens (tertiary/aromatic N) is 2. The van der Waals surface area contributed by atoms with Crippen molar-refractivity contribution >= 4 is 43.7 Å². The van der Waals surface area contributed by atoms with Gasteiger partial charge in [-0.15, -0.1) is 11.3 Å². The summed E-state index contributed by atoms with van der Waals surface area (Å²) in [5.74, 6) is 0.0603. The van der Waals surface area contributed by atoms with Crippen LogP contribution in [0, 0.1) is 0 Å². The van der Waals surface area contributed by atoms with Gasteiger partial charge in [0, 0.05) is 50.7 Å². The van der Waals surface area contributed by atoms with Crippen molar-refractivity contribution in [3.8, 4) is 20.9 Å². The maximum absolute atomic E-state index is 12.7. The fraction of sp³-hybridized carbons (Fsp3) is 0.172. The Balaban J connectivity index is 1.44. The number of nitrogens with one attached hydrogen (secondary N) is 1. The number of unbranched alkanes of at least 4 members (excludes halogenated alkanes) is 1. The normalized spacial score (nSPS) is 11.6. The number of pyridine rings is 1. The molecule has 0 amide bonds. The lowest BCUT2D eigenvalue weighted by Crippen LogP contribution is -2.12. The number of carbonyl (C=O) groups excluding carboxylic acids is 1. The molecule has 0 bridgehead atoms. The first-order valence-corrected chi connectivity index (χ1v) is 14.4. The number of ketones is 1. The Morgan fingerprint density at radius 3 is 2.46 bits per heavy atom. The van der Waals surface area contributed by atoms with E-state index in [1.807, 2.05) is 18.3 Å². The minimum Gasteiger partial charge on any atom is -0.347 e. The van der Waals surface area contributed by atoms with Gasteiger partial charge in [0.2, 0.25) is 0 Å². The maximum Gasteiger partial charge on any atom is 0.261 e. The van der Waals surface area contributed by atoms with Gasteiger partial charge < -0.3 is 4.57 Å². The Morgan fingerprint density at radius 2 is 1.73 bits per heavy atom. The predicted molar refractivity (Wildman–Crippen MR) is 151 cm³/mol. The highest BCUT2D eigenvalue weighted by Crippen LogP contribution is 2.37. The fourth-order valence-electron chi connectivity index (χ4n) is 4.34. The highest BCUT2D eigenvalue weighted by Gasteiger charge is 2.16. The van der Waals surface area contributed by atoms with Crippen LogP contribution >= 0.6 is 11.3 Å². The number of fused-ring (bicyclic) bond motifs is 1. The van der Waals surface area contributed by atoms with E-state index in [-0.39, 0.29) is 10.7 Å². The van der Waals surface area contributed by atoms with Gasteiger partial charge in [-0.1, -0.05) is 37.6 Å². The summed E-state index contributed by atoms with van der Waals surface area (Å²) in [6.45, 7) is 4.66. The molecule has 0 aliphatic carbocycles. The monoisotopic (exact) mass is 529 g/mol. The van der Waals surface area contributed by atoms with Gasteiger partial charge in [0.15, 0.2) is 5.78 Å². The summed E-state index contributed by atoms with van der Waals surface area (Å²) in [7, 11) is -3.70. The van der Waals surface area contributed by atoms with E-state index < -0.39 is 10.0 Å². The van der Waals surface area contributed by atoms with Gasteiger partial charge in [0.25, 0.3) is 10.0 Å². The van der Waals surface area contributed by atoms with Gasteiger partial charge in [0.1, 0.15) is 0 Å². The van der Waals surface area contributed by atoms with Crippen molar-refractivity contribution in [3.63, 3.8) is 0 Å². The first-order valence-electron chi connectivity index (χ1n) is 12.1. The van der Waals surface area contributed by atoms with Crippen LogP contribution in [-0.2, 0) is 16.6 Å². The van der Waals surface area contributed by atoms with Crippen LogP contribution in [0.3, 0.4) is 0 Å². The Hall–Kier alpha value is -3.75. The molecule has 188 valence electrons. The molecule has 0 saturated carbocycles. The van der Waals surface area contributed by atoms with Crippen LogP contribution in [0.1, 0.15) is 37.0 Å². The van der Waals surface area contributed by atoms with Crippen LogP contribution in [0.4, 0.5) is 5.69 Å². The van der Waals surface area contributed by atoms with E-state index in [1.165, 1.54) is 6.20 Å². The molecule has 8 heteroatoms. The summed E-state index contributed by atoms with van der Waals surface area (Å²) in [6, 6.07) is 20.4. The molecular weight excluding hydrogens is 502 g/mol. The first kappa shape index (κ1) is 24.9. The number of sulfonamides is 1. The molecule has 0 atom stereocenters. The van der Waals surface area contributed by atoms with E-state index in [0.29, 0.717) is 5.69 Å². The third-order valence-corrected chi connectivity index (χ3v) is 8.81. The summed E-state index contributed by atoms with van der Waals surface area (Å²) in [4.78, 5) is 18.8. The molecule has 0 spiro atoms. The Kier molecular flexibility index (Phi) is 6.95. The molecule has 0 radical (unpaired) electrons. The fourth-order valence-corrected chi connectivity index (χ4v) is 6.38. The largest absolute Gasteiger partial charge is 0.347 e. The molecule has 5 aromatic rings. The zero-order valence-electron chi connectivity index (χ0n) is 20.6. The van der Waals surface area contributed by atoms with Crippen LogP contribution in [0.2, 0.25) is 0 Å². The van der Waals surface area contributed by atoms with Crippen molar-refractivity contribution in [1.29, 1.82) is 0 Å². The number of carbonyl (C=O) groups is 1. The molecule has 0 saturated heterocycles. The Morgan fingerprint density at radius 1 is 0.973 bits per heavy atom. The average molecular weight is 530 g/mol. The maximum atomic E-state index is 12.7. The highest BCUT2D eigenvalue weighted by atomic mass is 32.2. The van der Waals surface area contributed by atoms with E-state index in [1.54, 1.807) is 60.9 Å². The van der Waals surface area contributed by atoms with Crippen LogP contribution in [-0.4, -0.2) is 23.8 Å². The van der Waals surface area contributed by atoms with Gasteiger partial charge in [-0.25, -0.2) is 8.42 Å². The number of benzene rings is 2. The molecule has 0 unspecified atom stereocenters. The van der Waals surface area contributed by atoms with Gasteiger partial charge in [-0.05, 0) is 61.4 Å². The van der Waals surface area contributed by atoms with Crippen molar-refractivity contribution < 1.29 is 13.2 Å². The first-order chi connectivity index (χ1) is 17.9. The lowest BCUT2D eigenvalue weighted by atomic mass is 10.1. The number of aromatic nitrogens is 2. The number of anilines is 1. The quantitative estimate of drug-likeness (QED) is 0.204. The number of aryl methyl sites for hydroxylation is 1. The predicted octanol–water partition coefficient (Wildman–Crippen LogP) is 7.24. The van der Waals surface area contributed by atoms with Crippen molar-refractivity contribution in [2.45, 2.75) is 38.1 Å². The lowest BCUT2D eigenvalue weighted by Gasteiger charge is -2.08. The van der Waals surface area contributed by atoms with Crippen LogP contribution in [0.25, 0.3) is 31.8 Å². The van der Waals surface area contributed by atoms with Gasteiger partial charge >= 0.3 is 0 Å². The van der Waals surface area contributed by atoms with Gasteiger partial charge in [0.05, 0.1) is 16.8 Å². The average Bonchev–Trinajstić information content (AvgIpc) is 3.53. The van der Waals surface area contributed by atoms with Crippen molar-refractivity contribution in [2.75, 3.05) is 4.72 Å². The van der Waals surface area contributed by atoms with E-state index in [0.717, 1.165) is 56.7 Å². The molecule has 1 N–H and O–H groups in total. The zero-order valence-corrected chi connectivity index (χ0v) is 22.3. The Bertz CT molecular complexity index is 1690. The van der Waals surface area contributed by atoms with Crippen LogP contribution in [0.15, 0.2) is 90.2 Å². The van der Waals surface area contributed by atoms with Crippen molar-refractivity contribution in [3.05, 3.63) is 90.9 Å². The number of hydrogen-bond acceptors (Lipinski definition) is 5. The molecule has 37 heavy (non-hydrogen) atoms. The summed E-state index contributed by atoms with van der Waals surface area (Å²) in [6.07, 6.45) is 7.35. The number of rotatable bonds is 9. The SMILES string of the molecule is CCCCn1cc(C(C)=O)c2cc(-c3ccc(-c4cncc(NS(=O)(=O)c5ccccc5)c4)s3)ccc21. The zero-order chi connectivity index (χ0) is 26.0. The number of thiophene rings is 1. The summed E-state index contributed by atoms with van der Waals surface area (Å²) in [5, 5.41) is 0.968. The van der Waals surface area contributed by atoms with E-state index in [9.17, 15) is 13.2 Å². The molecule has 0 fully saturated rings. The molecule has 0 aliphatic heterocycles. The second-order valence-corrected chi connectivity index (χ2v) is 11.7. The molecule has 0 aliphatic rings. The molecule has 3 aromatic heterocycles. The van der Waals surface area contributed by atoms with Gasteiger partial charge in [-0.3, -0.25) is 14.5 Å². The highest BCUT2D eigenvalue weighted by molar-refractivity contribution is 7.92.